The summed E-state index contributed by atoms with van der Waals surface area (Å²) in [4.78, 5) is 16.5. The van der Waals surface area contributed by atoms with Crippen LogP contribution < -0.4 is 9.30 Å². The van der Waals surface area contributed by atoms with Gasteiger partial charge < -0.3 is 4.74 Å². The number of aromatic nitrogens is 2. The molecule has 25 heavy (non-hydrogen) atoms. The zero-order chi connectivity index (χ0) is 17.6. The summed E-state index contributed by atoms with van der Waals surface area (Å²) in [5, 5.41) is 0. The first-order chi connectivity index (χ1) is 12.1. The average molecular weight is 333 g/mol. The molecule has 3 aromatic rings. The standard InChI is InChI=1S/C21H21N2O2/c1-16(2)17-8-10-19(11-9-17)25-21-15-23(13-12-22-21)14-20(24)18-6-4-3-5-7-18/h3-13,15-16H,14H2,1-2H3/q+1. The molecule has 0 fully saturated rings. The van der Waals surface area contributed by atoms with Crippen LogP contribution in [0, 0.1) is 0 Å². The molecule has 0 spiro atoms. The van der Waals surface area contributed by atoms with Gasteiger partial charge in [0.1, 0.15) is 5.75 Å². The Kier molecular flexibility index (Phi) is 5.19. The summed E-state index contributed by atoms with van der Waals surface area (Å²) in [5.74, 6) is 1.71. The Morgan fingerprint density at radius 3 is 2.48 bits per heavy atom. The number of benzene rings is 2. The number of ketones is 1. The second kappa shape index (κ2) is 7.71. The molecule has 0 bridgehead atoms. The maximum absolute atomic E-state index is 12.3. The van der Waals surface area contributed by atoms with Gasteiger partial charge in [-0.05, 0) is 23.6 Å². The Bertz CT molecular complexity index is 843. The highest BCUT2D eigenvalue weighted by Gasteiger charge is 2.13. The minimum atomic E-state index is 0.0454. The molecular formula is C21H21N2O2+. The maximum atomic E-state index is 12.3. The minimum Gasteiger partial charge on any atom is -0.434 e. The van der Waals surface area contributed by atoms with Gasteiger partial charge in [0.2, 0.25) is 18.5 Å². The SMILES string of the molecule is CC(C)c1ccc(Oc2c[n+](CC(=O)c3ccccc3)ccn2)cc1. The average Bonchev–Trinajstić information content (AvgIpc) is 2.63. The Balaban J connectivity index is 1.70. The third kappa shape index (κ3) is 4.51. The second-order valence-corrected chi connectivity index (χ2v) is 6.18. The number of rotatable bonds is 6. The third-order valence-corrected chi connectivity index (χ3v) is 3.93. The largest absolute Gasteiger partial charge is 0.434 e. The number of carbonyl (C=O) groups excluding carboxylic acids is 1. The highest BCUT2D eigenvalue weighted by molar-refractivity contribution is 5.94. The Morgan fingerprint density at radius 2 is 1.80 bits per heavy atom. The zero-order valence-corrected chi connectivity index (χ0v) is 14.4. The van der Waals surface area contributed by atoms with Crippen LogP contribution in [0.25, 0.3) is 0 Å². The van der Waals surface area contributed by atoms with Gasteiger partial charge in [-0.25, -0.2) is 4.98 Å². The maximum Gasteiger partial charge on any atom is 0.285 e. The van der Waals surface area contributed by atoms with E-state index in [0.717, 1.165) is 5.75 Å². The number of ether oxygens (including phenoxy) is 1. The highest BCUT2D eigenvalue weighted by atomic mass is 16.5. The molecule has 4 nitrogen and oxygen atoms in total. The molecule has 0 radical (unpaired) electrons. The van der Waals surface area contributed by atoms with Crippen molar-refractivity contribution in [1.82, 2.24) is 4.98 Å². The molecule has 4 heteroatoms. The van der Waals surface area contributed by atoms with Gasteiger partial charge in [-0.15, -0.1) is 0 Å². The zero-order valence-electron chi connectivity index (χ0n) is 14.4. The van der Waals surface area contributed by atoms with Gasteiger partial charge in [0.05, 0.1) is 6.20 Å². The van der Waals surface area contributed by atoms with E-state index in [-0.39, 0.29) is 12.3 Å². The molecule has 0 saturated carbocycles. The first kappa shape index (κ1) is 16.8. The van der Waals surface area contributed by atoms with E-state index in [1.807, 2.05) is 42.5 Å². The molecular weight excluding hydrogens is 312 g/mol. The molecule has 0 aliphatic heterocycles. The lowest BCUT2D eigenvalue weighted by molar-refractivity contribution is -0.683. The van der Waals surface area contributed by atoms with Crippen molar-refractivity contribution in [3.8, 4) is 11.6 Å². The minimum absolute atomic E-state index is 0.0454. The summed E-state index contributed by atoms with van der Waals surface area (Å²) >= 11 is 0. The Morgan fingerprint density at radius 1 is 1.08 bits per heavy atom. The smallest absolute Gasteiger partial charge is 0.285 e. The van der Waals surface area contributed by atoms with Crippen molar-refractivity contribution >= 4 is 5.78 Å². The summed E-state index contributed by atoms with van der Waals surface area (Å²) in [6.07, 6.45) is 5.13. The monoisotopic (exact) mass is 333 g/mol. The van der Waals surface area contributed by atoms with Crippen molar-refractivity contribution in [3.05, 3.63) is 84.3 Å². The molecule has 0 unspecified atom stereocenters. The van der Waals surface area contributed by atoms with E-state index in [1.165, 1.54) is 5.56 Å². The molecule has 0 amide bonds. The van der Waals surface area contributed by atoms with Gasteiger partial charge in [-0.2, -0.15) is 4.57 Å². The molecule has 0 N–H and O–H groups in total. The van der Waals surface area contributed by atoms with Crippen LogP contribution in [0.2, 0.25) is 0 Å². The molecule has 2 aromatic carbocycles. The summed E-state index contributed by atoms with van der Waals surface area (Å²) in [6, 6.07) is 17.2. The van der Waals surface area contributed by atoms with Gasteiger partial charge in [-0.3, -0.25) is 4.79 Å². The fourth-order valence-corrected chi connectivity index (χ4v) is 2.48. The lowest BCUT2D eigenvalue weighted by Crippen LogP contribution is -2.37. The van der Waals surface area contributed by atoms with E-state index in [1.54, 1.807) is 23.2 Å². The van der Waals surface area contributed by atoms with Crippen LogP contribution in [-0.4, -0.2) is 10.8 Å². The van der Waals surface area contributed by atoms with E-state index in [4.69, 9.17) is 4.74 Å². The van der Waals surface area contributed by atoms with Gasteiger partial charge >= 0.3 is 0 Å². The number of carbonyl (C=O) groups is 1. The second-order valence-electron chi connectivity index (χ2n) is 6.18. The van der Waals surface area contributed by atoms with Crippen LogP contribution in [0.3, 0.4) is 0 Å². The van der Waals surface area contributed by atoms with Crippen LogP contribution in [-0.2, 0) is 6.54 Å². The van der Waals surface area contributed by atoms with Crippen LogP contribution in [0.15, 0.2) is 73.2 Å². The van der Waals surface area contributed by atoms with Crippen molar-refractivity contribution in [2.24, 2.45) is 0 Å². The van der Waals surface area contributed by atoms with E-state index in [2.05, 4.69) is 31.0 Å². The Hall–Kier alpha value is -3.01. The summed E-state index contributed by atoms with van der Waals surface area (Å²) < 4.78 is 7.58. The summed E-state index contributed by atoms with van der Waals surface area (Å²) in [5.41, 5.74) is 1.95. The van der Waals surface area contributed by atoms with Crippen LogP contribution in [0.5, 0.6) is 11.6 Å². The van der Waals surface area contributed by atoms with E-state index in [9.17, 15) is 4.79 Å². The van der Waals surface area contributed by atoms with Crippen LogP contribution >= 0.6 is 0 Å². The van der Waals surface area contributed by atoms with E-state index < -0.39 is 0 Å². The highest BCUT2D eigenvalue weighted by Crippen LogP contribution is 2.21. The topological polar surface area (TPSA) is 43.1 Å². The molecule has 0 saturated heterocycles. The normalized spacial score (nSPS) is 10.7. The lowest BCUT2D eigenvalue weighted by Gasteiger charge is -2.07. The molecule has 0 aliphatic rings. The predicted octanol–water partition coefficient (Wildman–Crippen LogP) is 4.17. The predicted molar refractivity (Wildman–Crippen MR) is 95.8 cm³/mol. The lowest BCUT2D eigenvalue weighted by atomic mass is 10.0. The van der Waals surface area contributed by atoms with Gasteiger partial charge in [0, 0.05) is 5.56 Å². The van der Waals surface area contributed by atoms with Crippen molar-refractivity contribution in [2.45, 2.75) is 26.3 Å². The molecule has 1 heterocycles. The number of hydrogen-bond acceptors (Lipinski definition) is 3. The van der Waals surface area contributed by atoms with Gasteiger partial charge in [0.15, 0.2) is 6.20 Å². The quantitative estimate of drug-likeness (QED) is 0.502. The molecule has 0 atom stereocenters. The van der Waals surface area contributed by atoms with Crippen LogP contribution in [0.1, 0.15) is 35.7 Å². The first-order valence-electron chi connectivity index (χ1n) is 8.33. The molecule has 0 aliphatic carbocycles. The van der Waals surface area contributed by atoms with E-state index in [0.29, 0.717) is 17.4 Å². The van der Waals surface area contributed by atoms with Gasteiger partial charge in [-0.1, -0.05) is 56.3 Å². The fraction of sp³-hybridized carbons (Fsp3) is 0.190. The molecule has 1 aromatic heterocycles. The first-order valence-corrected chi connectivity index (χ1v) is 8.33. The number of nitrogens with zero attached hydrogens (tertiary/aromatic N) is 2. The van der Waals surface area contributed by atoms with Crippen molar-refractivity contribution in [3.63, 3.8) is 0 Å². The van der Waals surface area contributed by atoms with Gasteiger partial charge in [0.25, 0.3) is 5.88 Å². The third-order valence-electron chi connectivity index (χ3n) is 3.93. The Labute approximate surface area is 147 Å². The van der Waals surface area contributed by atoms with Crippen LogP contribution in [0.4, 0.5) is 0 Å². The summed E-state index contributed by atoms with van der Waals surface area (Å²) in [7, 11) is 0. The fourth-order valence-electron chi connectivity index (χ4n) is 2.48. The van der Waals surface area contributed by atoms with Crippen molar-refractivity contribution in [2.75, 3.05) is 0 Å². The van der Waals surface area contributed by atoms with E-state index >= 15 is 0 Å². The molecule has 126 valence electrons. The number of Topliss-reactive ketones (excluding diaryl/α,β-unsaturated/α-hetero) is 1. The molecule has 3 rings (SSSR count). The number of hydrogen-bond donors (Lipinski definition) is 0. The van der Waals surface area contributed by atoms with Crippen molar-refractivity contribution in [1.29, 1.82) is 0 Å². The summed E-state index contributed by atoms with van der Waals surface area (Å²) in [6.45, 7) is 4.55. The van der Waals surface area contributed by atoms with Crippen molar-refractivity contribution < 1.29 is 14.1 Å².